The Hall–Kier alpha value is -3.14. The van der Waals surface area contributed by atoms with Crippen LogP contribution in [0.4, 0.5) is 4.39 Å². The molecule has 1 saturated heterocycles. The number of carbonyl (C=O) groups is 1. The summed E-state index contributed by atoms with van der Waals surface area (Å²) in [6.07, 6.45) is 2.87. The lowest BCUT2D eigenvalue weighted by atomic mass is 9.94. The minimum absolute atomic E-state index is 0.0727. The number of rotatable bonds is 6. The highest BCUT2D eigenvalue weighted by atomic mass is 19.1. The van der Waals surface area contributed by atoms with E-state index in [1.165, 1.54) is 23.0 Å². The van der Waals surface area contributed by atoms with E-state index < -0.39 is 29.5 Å². The molecule has 2 aliphatic rings. The third-order valence-electron chi connectivity index (χ3n) is 7.48. The van der Waals surface area contributed by atoms with Gasteiger partial charge in [0.05, 0.1) is 47.1 Å². The first-order valence-electron chi connectivity index (χ1n) is 12.2. The number of hydrogen-bond acceptors (Lipinski definition) is 6. The molecule has 0 spiro atoms. The third-order valence-corrected chi connectivity index (χ3v) is 7.48. The molecule has 3 aromatic rings. The maximum absolute atomic E-state index is 14.8. The Bertz CT molecular complexity index is 1400. The van der Waals surface area contributed by atoms with Crippen LogP contribution in [0.15, 0.2) is 35.4 Å². The summed E-state index contributed by atoms with van der Waals surface area (Å²) in [7, 11) is 0. The molecular weight excluding hydrogens is 465 g/mol. The normalized spacial score (nSPS) is 20.9. The number of fused-ring (bicyclic) bond motifs is 1. The zero-order chi connectivity index (χ0) is 25.6. The number of aromatic nitrogens is 2. The average molecular weight is 496 g/mol. The molecular formula is C27H30FN3O5. The van der Waals surface area contributed by atoms with Gasteiger partial charge < -0.3 is 20.3 Å². The highest BCUT2D eigenvalue weighted by molar-refractivity contribution is 5.94. The SMILES string of the molecule is Cc1c(Cc2ccc(C(=O)NCC3(O)CC3)c(F)c2)cc2c(=O)n([C@H]3CCOC[C@@H]3O)cnc2c1C. The van der Waals surface area contributed by atoms with Crippen LogP contribution in [0.1, 0.15) is 57.9 Å². The van der Waals surface area contributed by atoms with Crippen LogP contribution in [0, 0.1) is 19.7 Å². The zero-order valence-corrected chi connectivity index (χ0v) is 20.4. The van der Waals surface area contributed by atoms with Crippen LogP contribution in [0.2, 0.25) is 0 Å². The number of aryl methyl sites for hydroxylation is 1. The van der Waals surface area contributed by atoms with Crippen molar-refractivity contribution in [3.05, 3.63) is 74.6 Å². The lowest BCUT2D eigenvalue weighted by Crippen LogP contribution is -2.39. The van der Waals surface area contributed by atoms with E-state index in [9.17, 15) is 24.2 Å². The molecule has 36 heavy (non-hydrogen) atoms. The molecule has 1 aliphatic heterocycles. The fourth-order valence-electron chi connectivity index (χ4n) is 4.80. The maximum atomic E-state index is 14.8. The minimum Gasteiger partial charge on any atom is -0.389 e. The fraction of sp³-hybridized carbons (Fsp3) is 0.444. The predicted octanol–water partition coefficient (Wildman–Crippen LogP) is 2.32. The van der Waals surface area contributed by atoms with Crippen molar-refractivity contribution in [2.45, 2.75) is 57.3 Å². The number of carbonyl (C=O) groups excluding carboxylic acids is 1. The molecule has 0 unspecified atom stereocenters. The topological polar surface area (TPSA) is 114 Å². The summed E-state index contributed by atoms with van der Waals surface area (Å²) in [5.74, 6) is -1.19. The predicted molar refractivity (Wildman–Crippen MR) is 132 cm³/mol. The molecule has 2 atom stereocenters. The Balaban J connectivity index is 1.43. The number of nitrogens with zero attached hydrogens (tertiary/aromatic N) is 2. The van der Waals surface area contributed by atoms with Gasteiger partial charge in [-0.2, -0.15) is 0 Å². The van der Waals surface area contributed by atoms with Gasteiger partial charge in [-0.3, -0.25) is 14.2 Å². The van der Waals surface area contributed by atoms with E-state index in [2.05, 4.69) is 10.3 Å². The van der Waals surface area contributed by atoms with Crippen LogP contribution < -0.4 is 10.9 Å². The fourth-order valence-corrected chi connectivity index (χ4v) is 4.80. The summed E-state index contributed by atoms with van der Waals surface area (Å²) in [5, 5.41) is 23.3. The minimum atomic E-state index is -0.853. The number of benzene rings is 2. The number of halogens is 1. The van der Waals surface area contributed by atoms with Gasteiger partial charge >= 0.3 is 0 Å². The number of amides is 1. The van der Waals surface area contributed by atoms with Crippen molar-refractivity contribution in [1.82, 2.24) is 14.9 Å². The van der Waals surface area contributed by atoms with E-state index in [1.54, 1.807) is 12.1 Å². The first-order chi connectivity index (χ1) is 17.2. The van der Waals surface area contributed by atoms with E-state index in [0.29, 0.717) is 48.8 Å². The van der Waals surface area contributed by atoms with Gasteiger partial charge in [-0.15, -0.1) is 0 Å². The number of ether oxygens (including phenoxy) is 1. The molecule has 0 radical (unpaired) electrons. The monoisotopic (exact) mass is 495 g/mol. The average Bonchev–Trinajstić information content (AvgIpc) is 3.59. The number of hydrogen-bond donors (Lipinski definition) is 3. The van der Waals surface area contributed by atoms with E-state index >= 15 is 0 Å². The smallest absolute Gasteiger partial charge is 0.261 e. The van der Waals surface area contributed by atoms with Crippen LogP contribution in [-0.2, 0) is 11.2 Å². The first kappa shape index (κ1) is 24.5. The molecule has 1 saturated carbocycles. The Labute approximate surface area is 207 Å². The molecule has 1 aliphatic carbocycles. The standard InChI is InChI=1S/C27H30FN3O5/c1-15-16(2)24-20(26(34)31(14-30-24)22-5-8-36-12-23(22)32)11-18(15)9-17-3-4-19(21(28)10-17)25(33)29-13-27(35)6-7-27/h3-4,10-11,14,22-23,32,35H,5-9,12-13H2,1-2H3,(H,29,33)/t22-,23-/m0/s1. The molecule has 190 valence electrons. The second kappa shape index (κ2) is 9.38. The van der Waals surface area contributed by atoms with Gasteiger partial charge in [0, 0.05) is 13.2 Å². The van der Waals surface area contributed by atoms with Crippen LogP contribution >= 0.6 is 0 Å². The molecule has 2 fully saturated rings. The summed E-state index contributed by atoms with van der Waals surface area (Å²) in [6, 6.07) is 5.87. The Morgan fingerprint density at radius 1 is 1.28 bits per heavy atom. The number of nitrogens with one attached hydrogen (secondary N) is 1. The molecule has 9 heteroatoms. The number of aliphatic hydroxyl groups is 2. The lowest BCUT2D eigenvalue weighted by molar-refractivity contribution is -0.0395. The Morgan fingerprint density at radius 2 is 2.06 bits per heavy atom. The highest BCUT2D eigenvalue weighted by Crippen LogP contribution is 2.34. The van der Waals surface area contributed by atoms with Crippen LogP contribution in [-0.4, -0.2) is 57.1 Å². The van der Waals surface area contributed by atoms with Crippen molar-refractivity contribution in [2.24, 2.45) is 0 Å². The molecule has 0 bridgehead atoms. The van der Waals surface area contributed by atoms with Gasteiger partial charge in [0.25, 0.3) is 11.5 Å². The molecule has 2 heterocycles. The molecule has 5 rings (SSSR count). The van der Waals surface area contributed by atoms with Crippen molar-refractivity contribution in [3.8, 4) is 0 Å². The highest BCUT2D eigenvalue weighted by Gasteiger charge is 2.40. The molecule has 2 aromatic carbocycles. The van der Waals surface area contributed by atoms with E-state index in [4.69, 9.17) is 4.74 Å². The molecule has 3 N–H and O–H groups in total. The van der Waals surface area contributed by atoms with Gasteiger partial charge in [-0.05, 0) is 80.0 Å². The summed E-state index contributed by atoms with van der Waals surface area (Å²) in [6.45, 7) is 4.60. The van der Waals surface area contributed by atoms with Crippen LogP contribution in [0.25, 0.3) is 10.9 Å². The maximum Gasteiger partial charge on any atom is 0.261 e. The summed E-state index contributed by atoms with van der Waals surface area (Å²) in [5.41, 5.74) is 2.80. The molecule has 8 nitrogen and oxygen atoms in total. The Morgan fingerprint density at radius 3 is 2.75 bits per heavy atom. The largest absolute Gasteiger partial charge is 0.389 e. The quantitative estimate of drug-likeness (QED) is 0.484. The van der Waals surface area contributed by atoms with Gasteiger partial charge in [-0.1, -0.05) is 6.07 Å². The van der Waals surface area contributed by atoms with Gasteiger partial charge in [0.2, 0.25) is 0 Å². The molecule has 1 amide bonds. The van der Waals surface area contributed by atoms with Gasteiger partial charge in [0.1, 0.15) is 5.82 Å². The van der Waals surface area contributed by atoms with Gasteiger partial charge in [0.15, 0.2) is 0 Å². The summed E-state index contributed by atoms with van der Waals surface area (Å²) >= 11 is 0. The van der Waals surface area contributed by atoms with Gasteiger partial charge in [-0.25, -0.2) is 9.37 Å². The first-order valence-corrected chi connectivity index (χ1v) is 12.2. The zero-order valence-electron chi connectivity index (χ0n) is 20.4. The Kier molecular flexibility index (Phi) is 6.40. The van der Waals surface area contributed by atoms with Crippen molar-refractivity contribution >= 4 is 16.8 Å². The van der Waals surface area contributed by atoms with Crippen molar-refractivity contribution in [3.63, 3.8) is 0 Å². The lowest BCUT2D eigenvalue weighted by Gasteiger charge is -2.29. The van der Waals surface area contributed by atoms with Crippen molar-refractivity contribution < 1.29 is 24.1 Å². The number of aliphatic hydroxyl groups excluding tert-OH is 1. The van der Waals surface area contributed by atoms with Crippen LogP contribution in [0.5, 0.6) is 0 Å². The van der Waals surface area contributed by atoms with E-state index in [1.807, 2.05) is 13.8 Å². The van der Waals surface area contributed by atoms with Crippen molar-refractivity contribution in [2.75, 3.05) is 19.8 Å². The third kappa shape index (κ3) is 4.66. The second-order valence-electron chi connectivity index (χ2n) is 10.0. The van der Waals surface area contributed by atoms with E-state index in [0.717, 1.165) is 16.7 Å². The van der Waals surface area contributed by atoms with E-state index in [-0.39, 0.29) is 24.3 Å². The summed E-state index contributed by atoms with van der Waals surface area (Å²) in [4.78, 5) is 30.3. The second-order valence-corrected chi connectivity index (χ2v) is 10.0. The van der Waals surface area contributed by atoms with Crippen LogP contribution in [0.3, 0.4) is 0 Å². The molecule has 1 aromatic heterocycles. The van der Waals surface area contributed by atoms with Crippen molar-refractivity contribution in [1.29, 1.82) is 0 Å². The summed E-state index contributed by atoms with van der Waals surface area (Å²) < 4.78 is 21.6.